The summed E-state index contributed by atoms with van der Waals surface area (Å²) in [6.45, 7) is 2.00. The van der Waals surface area contributed by atoms with E-state index in [1.54, 1.807) is 11.8 Å². The number of benzene rings is 1. The first-order chi connectivity index (χ1) is 6.24. The number of anilines is 1. The Kier molecular flexibility index (Phi) is 2.42. The molecule has 2 nitrogen and oxygen atoms in total. The second-order valence-corrected chi connectivity index (χ2v) is 4.49. The third-order valence-corrected chi connectivity index (χ3v) is 3.11. The van der Waals surface area contributed by atoms with E-state index in [1.165, 1.54) is 12.1 Å². The van der Waals surface area contributed by atoms with Gasteiger partial charge in [0.25, 0.3) is 0 Å². The molecule has 1 aliphatic rings. The number of nitrogens with one attached hydrogen (secondary N) is 1. The summed E-state index contributed by atoms with van der Waals surface area (Å²) < 4.78 is 12.9. The molecule has 0 saturated carbocycles. The van der Waals surface area contributed by atoms with Gasteiger partial charge in [0.05, 0.1) is 0 Å². The van der Waals surface area contributed by atoms with Crippen LogP contribution in [0.15, 0.2) is 23.1 Å². The molecule has 1 aliphatic heterocycles. The molecule has 4 heteroatoms. The number of thioether (sulfide) groups is 1. The first-order valence-corrected chi connectivity index (χ1v) is 5.05. The fourth-order valence-electron chi connectivity index (χ4n) is 1.19. The normalized spacial score (nSPS) is 17.0. The Bertz CT molecular complexity index is 292. The van der Waals surface area contributed by atoms with Gasteiger partial charge in [-0.3, -0.25) is 0 Å². The number of hydrogen-bond donors (Lipinski definition) is 2. The summed E-state index contributed by atoms with van der Waals surface area (Å²) in [5.74, 6) is -0.255. The van der Waals surface area contributed by atoms with Crippen LogP contribution in [0, 0.1) is 5.82 Å². The quantitative estimate of drug-likeness (QED) is 0.707. The first kappa shape index (κ1) is 8.84. The second-order valence-electron chi connectivity index (χ2n) is 3.12. The SMILES string of the molecule is Nc1cc(F)cc(SC2CNC2)c1. The van der Waals surface area contributed by atoms with Gasteiger partial charge in [-0.05, 0) is 18.2 Å². The molecule has 0 radical (unpaired) electrons. The molecule has 1 aromatic carbocycles. The Balaban J connectivity index is 2.10. The minimum absolute atomic E-state index is 0.255. The lowest BCUT2D eigenvalue weighted by atomic mass is 10.3. The van der Waals surface area contributed by atoms with Gasteiger partial charge in [-0.1, -0.05) is 0 Å². The summed E-state index contributed by atoms with van der Waals surface area (Å²) in [5.41, 5.74) is 6.02. The molecule has 0 bridgehead atoms. The second kappa shape index (κ2) is 3.55. The van der Waals surface area contributed by atoms with Crippen molar-refractivity contribution < 1.29 is 4.39 Å². The van der Waals surface area contributed by atoms with Crippen LogP contribution >= 0.6 is 11.8 Å². The van der Waals surface area contributed by atoms with Crippen LogP contribution in [0.3, 0.4) is 0 Å². The topological polar surface area (TPSA) is 38.0 Å². The predicted octanol–water partition coefficient (Wildman–Crippen LogP) is 1.47. The fourth-order valence-corrected chi connectivity index (χ4v) is 2.36. The smallest absolute Gasteiger partial charge is 0.126 e. The summed E-state index contributed by atoms with van der Waals surface area (Å²) in [4.78, 5) is 0.920. The monoisotopic (exact) mass is 198 g/mol. The summed E-state index contributed by atoms with van der Waals surface area (Å²) >= 11 is 1.68. The molecule has 2 rings (SSSR count). The predicted molar refractivity (Wildman–Crippen MR) is 53.3 cm³/mol. The maximum absolute atomic E-state index is 12.9. The van der Waals surface area contributed by atoms with Crippen LogP contribution in [0.5, 0.6) is 0 Å². The molecule has 13 heavy (non-hydrogen) atoms. The van der Waals surface area contributed by atoms with Crippen LogP contribution in [0.1, 0.15) is 0 Å². The highest BCUT2D eigenvalue weighted by Crippen LogP contribution is 2.27. The lowest BCUT2D eigenvalue weighted by Crippen LogP contribution is -2.44. The van der Waals surface area contributed by atoms with Gasteiger partial charge in [0, 0.05) is 28.9 Å². The molecular formula is C9H11FN2S. The van der Waals surface area contributed by atoms with Gasteiger partial charge in [-0.25, -0.2) is 4.39 Å². The standard InChI is InChI=1S/C9H11FN2S/c10-6-1-7(11)3-8(2-6)13-9-4-12-5-9/h1-3,9,12H,4-5,11H2. The third-order valence-electron chi connectivity index (χ3n) is 1.94. The maximum atomic E-state index is 12.9. The Morgan fingerprint density at radius 2 is 2.15 bits per heavy atom. The summed E-state index contributed by atoms with van der Waals surface area (Å²) in [6.07, 6.45) is 0. The van der Waals surface area contributed by atoms with Crippen molar-refractivity contribution in [1.82, 2.24) is 5.32 Å². The zero-order valence-electron chi connectivity index (χ0n) is 7.09. The zero-order valence-corrected chi connectivity index (χ0v) is 7.90. The summed E-state index contributed by atoms with van der Waals surface area (Å²) in [5, 5.41) is 3.74. The van der Waals surface area contributed by atoms with E-state index in [9.17, 15) is 4.39 Å². The molecule has 0 spiro atoms. The Labute approximate surface area is 80.7 Å². The van der Waals surface area contributed by atoms with E-state index in [2.05, 4.69) is 5.32 Å². The number of halogens is 1. The fraction of sp³-hybridized carbons (Fsp3) is 0.333. The van der Waals surface area contributed by atoms with E-state index >= 15 is 0 Å². The van der Waals surface area contributed by atoms with Crippen molar-refractivity contribution in [2.75, 3.05) is 18.8 Å². The lowest BCUT2D eigenvalue weighted by Gasteiger charge is -2.26. The van der Waals surface area contributed by atoms with Crippen LogP contribution in [0.4, 0.5) is 10.1 Å². The van der Waals surface area contributed by atoms with Crippen molar-refractivity contribution >= 4 is 17.4 Å². The molecule has 0 amide bonds. The zero-order chi connectivity index (χ0) is 9.26. The first-order valence-electron chi connectivity index (χ1n) is 4.17. The van der Waals surface area contributed by atoms with Gasteiger partial charge in [0.15, 0.2) is 0 Å². The van der Waals surface area contributed by atoms with E-state index in [0.717, 1.165) is 18.0 Å². The van der Waals surface area contributed by atoms with Crippen molar-refractivity contribution in [3.05, 3.63) is 24.0 Å². The Hall–Kier alpha value is -0.740. The molecule has 0 unspecified atom stereocenters. The van der Waals surface area contributed by atoms with E-state index < -0.39 is 0 Å². The van der Waals surface area contributed by atoms with Crippen LogP contribution in [0.25, 0.3) is 0 Å². The molecule has 70 valence electrons. The number of nitrogens with two attached hydrogens (primary N) is 1. The van der Waals surface area contributed by atoms with Crippen LogP contribution < -0.4 is 11.1 Å². The largest absolute Gasteiger partial charge is 0.399 e. The van der Waals surface area contributed by atoms with Crippen LogP contribution in [-0.4, -0.2) is 18.3 Å². The highest BCUT2D eigenvalue weighted by Gasteiger charge is 2.17. The Morgan fingerprint density at radius 3 is 2.69 bits per heavy atom. The molecule has 1 saturated heterocycles. The molecule has 1 heterocycles. The van der Waals surface area contributed by atoms with Gasteiger partial charge in [0.2, 0.25) is 0 Å². The van der Waals surface area contributed by atoms with Crippen LogP contribution in [-0.2, 0) is 0 Å². The van der Waals surface area contributed by atoms with Crippen molar-refractivity contribution in [1.29, 1.82) is 0 Å². The minimum atomic E-state index is -0.255. The Morgan fingerprint density at radius 1 is 1.38 bits per heavy atom. The summed E-state index contributed by atoms with van der Waals surface area (Å²) in [7, 11) is 0. The number of rotatable bonds is 2. The number of nitrogen functional groups attached to an aromatic ring is 1. The third kappa shape index (κ3) is 2.14. The van der Waals surface area contributed by atoms with Crippen LogP contribution in [0.2, 0.25) is 0 Å². The molecule has 3 N–H and O–H groups in total. The van der Waals surface area contributed by atoms with Crippen molar-refractivity contribution in [2.24, 2.45) is 0 Å². The van der Waals surface area contributed by atoms with Crippen molar-refractivity contribution in [2.45, 2.75) is 10.1 Å². The highest BCUT2D eigenvalue weighted by atomic mass is 32.2. The lowest BCUT2D eigenvalue weighted by molar-refractivity contribution is 0.543. The maximum Gasteiger partial charge on any atom is 0.126 e. The number of hydrogen-bond acceptors (Lipinski definition) is 3. The van der Waals surface area contributed by atoms with E-state index in [-0.39, 0.29) is 5.82 Å². The van der Waals surface area contributed by atoms with Gasteiger partial charge in [-0.15, -0.1) is 11.8 Å². The van der Waals surface area contributed by atoms with E-state index in [0.29, 0.717) is 10.9 Å². The average molecular weight is 198 g/mol. The highest BCUT2D eigenvalue weighted by molar-refractivity contribution is 8.00. The molecule has 1 aromatic rings. The van der Waals surface area contributed by atoms with Crippen molar-refractivity contribution in [3.63, 3.8) is 0 Å². The molecule has 0 aromatic heterocycles. The van der Waals surface area contributed by atoms with Gasteiger partial charge in [0.1, 0.15) is 5.82 Å². The van der Waals surface area contributed by atoms with Gasteiger partial charge in [-0.2, -0.15) is 0 Å². The molecule has 0 atom stereocenters. The molecule has 0 aliphatic carbocycles. The van der Waals surface area contributed by atoms with Gasteiger partial charge < -0.3 is 11.1 Å². The molecular weight excluding hydrogens is 187 g/mol. The minimum Gasteiger partial charge on any atom is -0.399 e. The van der Waals surface area contributed by atoms with Crippen molar-refractivity contribution in [3.8, 4) is 0 Å². The summed E-state index contributed by atoms with van der Waals surface area (Å²) in [6, 6.07) is 4.68. The average Bonchev–Trinajstić information content (AvgIpc) is 1.95. The van der Waals surface area contributed by atoms with E-state index in [1.807, 2.05) is 6.07 Å². The molecule has 1 fully saturated rings. The van der Waals surface area contributed by atoms with E-state index in [4.69, 9.17) is 5.73 Å². The van der Waals surface area contributed by atoms with Gasteiger partial charge >= 0.3 is 0 Å².